The van der Waals surface area contributed by atoms with E-state index in [1.54, 1.807) is 37.5 Å². The van der Waals surface area contributed by atoms with E-state index < -0.39 is 17.8 Å². The first kappa shape index (κ1) is 20.6. The number of nitrogens with zero attached hydrogens (tertiary/aromatic N) is 3. The number of imide groups is 2. The number of barbiturate groups is 1. The third-order valence-electron chi connectivity index (χ3n) is 5.27. The molecule has 156 valence electrons. The van der Waals surface area contributed by atoms with E-state index in [1.165, 1.54) is 6.08 Å². The predicted octanol–water partition coefficient (Wildman–Crippen LogP) is 4.12. The molecule has 1 N–H and O–H groups in total. The van der Waals surface area contributed by atoms with Crippen LogP contribution in [-0.2, 0) is 9.59 Å². The first-order valence-corrected chi connectivity index (χ1v) is 9.93. The number of carbonyl (C=O) groups excluding carboxylic acids is 3. The molecule has 2 aromatic heterocycles. The average molecular weight is 435 g/mol. The number of halogens is 1. The van der Waals surface area contributed by atoms with Crippen LogP contribution in [0.2, 0.25) is 5.02 Å². The number of benzene rings is 1. The molecule has 3 aromatic rings. The molecule has 0 bridgehead atoms. The van der Waals surface area contributed by atoms with E-state index in [4.69, 9.17) is 11.6 Å². The lowest BCUT2D eigenvalue weighted by Gasteiger charge is -2.27. The van der Waals surface area contributed by atoms with Gasteiger partial charge in [0.05, 0.1) is 5.69 Å². The number of carbonyl (C=O) groups is 3. The molecule has 31 heavy (non-hydrogen) atoms. The van der Waals surface area contributed by atoms with Crippen LogP contribution < -0.4 is 10.2 Å². The van der Waals surface area contributed by atoms with E-state index in [9.17, 15) is 14.4 Å². The minimum atomic E-state index is -0.806. The summed E-state index contributed by atoms with van der Waals surface area (Å²) in [4.78, 5) is 43.2. The van der Waals surface area contributed by atoms with Crippen molar-refractivity contribution in [3.63, 3.8) is 0 Å². The molecule has 3 heterocycles. The number of aromatic nitrogens is 2. The summed E-state index contributed by atoms with van der Waals surface area (Å²) in [6.45, 7) is 5.54. The van der Waals surface area contributed by atoms with E-state index in [2.05, 4.69) is 10.3 Å². The van der Waals surface area contributed by atoms with Gasteiger partial charge in [-0.05, 0) is 68.3 Å². The second kappa shape index (κ2) is 7.85. The van der Waals surface area contributed by atoms with Gasteiger partial charge in [-0.3, -0.25) is 19.9 Å². The molecule has 1 fully saturated rings. The van der Waals surface area contributed by atoms with E-state index >= 15 is 0 Å². The Morgan fingerprint density at radius 2 is 1.74 bits per heavy atom. The Labute approximate surface area is 184 Å². The van der Waals surface area contributed by atoms with Crippen molar-refractivity contribution in [2.75, 3.05) is 4.90 Å². The standard InChI is InChI=1S/C23H19ClN4O3/c1-13-11-16(15(3)27(13)17-7-9-25-10-8-17)12-18-21(29)26-23(31)28(22(18)30)20-6-4-5-19(24)14(20)2/h4-12H,1-3H3,(H,26,29,31)/b18-12+. The molecule has 0 radical (unpaired) electrons. The maximum atomic E-state index is 13.2. The first-order valence-electron chi connectivity index (χ1n) is 9.55. The highest BCUT2D eigenvalue weighted by Crippen LogP contribution is 2.30. The lowest BCUT2D eigenvalue weighted by molar-refractivity contribution is -0.122. The molecule has 1 aromatic carbocycles. The zero-order valence-electron chi connectivity index (χ0n) is 17.1. The molecule has 4 rings (SSSR count). The normalized spacial score (nSPS) is 15.5. The summed E-state index contributed by atoms with van der Waals surface area (Å²) in [7, 11) is 0. The fourth-order valence-electron chi connectivity index (χ4n) is 3.69. The van der Waals surface area contributed by atoms with Crippen LogP contribution in [0.5, 0.6) is 0 Å². The number of anilines is 1. The zero-order chi connectivity index (χ0) is 22.3. The fourth-order valence-corrected chi connectivity index (χ4v) is 3.86. The van der Waals surface area contributed by atoms with Crippen LogP contribution in [0.25, 0.3) is 11.8 Å². The number of rotatable bonds is 3. The summed E-state index contributed by atoms with van der Waals surface area (Å²) in [6.07, 6.45) is 4.90. The quantitative estimate of drug-likeness (QED) is 0.496. The maximum Gasteiger partial charge on any atom is 0.335 e. The van der Waals surface area contributed by atoms with Gasteiger partial charge in [-0.1, -0.05) is 17.7 Å². The number of urea groups is 1. The van der Waals surface area contributed by atoms with Gasteiger partial charge in [0.25, 0.3) is 11.8 Å². The van der Waals surface area contributed by atoms with Crippen LogP contribution in [0.3, 0.4) is 0 Å². The fraction of sp³-hybridized carbons (Fsp3) is 0.130. The van der Waals surface area contributed by atoms with Crippen molar-refractivity contribution >= 4 is 41.2 Å². The smallest absolute Gasteiger partial charge is 0.318 e. The second-order valence-electron chi connectivity index (χ2n) is 7.21. The molecule has 7 nitrogen and oxygen atoms in total. The lowest BCUT2D eigenvalue weighted by Crippen LogP contribution is -2.54. The molecular weight excluding hydrogens is 416 g/mol. The first-order chi connectivity index (χ1) is 14.8. The Bertz CT molecular complexity index is 1260. The van der Waals surface area contributed by atoms with Gasteiger partial charge in [0, 0.05) is 34.5 Å². The lowest BCUT2D eigenvalue weighted by atomic mass is 10.1. The molecule has 0 atom stereocenters. The van der Waals surface area contributed by atoms with Crippen molar-refractivity contribution in [2.24, 2.45) is 0 Å². The zero-order valence-corrected chi connectivity index (χ0v) is 17.9. The monoisotopic (exact) mass is 434 g/mol. The van der Waals surface area contributed by atoms with Gasteiger partial charge >= 0.3 is 6.03 Å². The molecular formula is C23H19ClN4O3. The molecule has 1 aliphatic rings. The minimum Gasteiger partial charge on any atom is -0.318 e. The summed E-state index contributed by atoms with van der Waals surface area (Å²) >= 11 is 6.16. The van der Waals surface area contributed by atoms with Crippen molar-refractivity contribution in [2.45, 2.75) is 20.8 Å². The van der Waals surface area contributed by atoms with Crippen molar-refractivity contribution in [1.29, 1.82) is 0 Å². The number of hydrogen-bond donors (Lipinski definition) is 1. The highest BCUT2D eigenvalue weighted by molar-refractivity contribution is 6.40. The number of pyridine rings is 1. The van der Waals surface area contributed by atoms with E-state index in [1.807, 2.05) is 36.6 Å². The summed E-state index contributed by atoms with van der Waals surface area (Å²) < 4.78 is 2.00. The molecule has 0 saturated carbocycles. The van der Waals surface area contributed by atoms with Crippen LogP contribution in [0.4, 0.5) is 10.5 Å². The van der Waals surface area contributed by atoms with Crippen LogP contribution in [0.15, 0.2) is 54.4 Å². The van der Waals surface area contributed by atoms with Gasteiger partial charge in [0.2, 0.25) is 0 Å². The molecule has 1 saturated heterocycles. The predicted molar refractivity (Wildman–Crippen MR) is 118 cm³/mol. The Hall–Kier alpha value is -3.71. The number of nitrogens with one attached hydrogen (secondary N) is 1. The highest BCUT2D eigenvalue weighted by Gasteiger charge is 2.37. The molecule has 1 aliphatic heterocycles. The van der Waals surface area contributed by atoms with Gasteiger partial charge in [-0.2, -0.15) is 0 Å². The van der Waals surface area contributed by atoms with Crippen molar-refractivity contribution in [3.05, 3.63) is 81.9 Å². The summed E-state index contributed by atoms with van der Waals surface area (Å²) in [5, 5.41) is 2.67. The molecule has 0 aliphatic carbocycles. The number of aryl methyl sites for hydroxylation is 1. The maximum absolute atomic E-state index is 13.2. The minimum absolute atomic E-state index is 0.131. The van der Waals surface area contributed by atoms with Gasteiger partial charge in [0.15, 0.2) is 0 Å². The van der Waals surface area contributed by atoms with Crippen molar-refractivity contribution in [3.8, 4) is 5.69 Å². The van der Waals surface area contributed by atoms with Crippen LogP contribution in [-0.4, -0.2) is 27.4 Å². The third-order valence-corrected chi connectivity index (χ3v) is 5.68. The van der Waals surface area contributed by atoms with Crippen molar-refractivity contribution < 1.29 is 14.4 Å². The van der Waals surface area contributed by atoms with Gasteiger partial charge in [0.1, 0.15) is 5.57 Å². The summed E-state index contributed by atoms with van der Waals surface area (Å²) in [5.74, 6) is -1.44. The van der Waals surface area contributed by atoms with E-state index in [0.717, 1.165) is 22.0 Å². The Morgan fingerprint density at radius 1 is 1.03 bits per heavy atom. The molecule has 0 spiro atoms. The van der Waals surface area contributed by atoms with Crippen molar-refractivity contribution in [1.82, 2.24) is 14.9 Å². The Kier molecular flexibility index (Phi) is 5.20. The van der Waals surface area contributed by atoms with Gasteiger partial charge < -0.3 is 4.57 Å². The highest BCUT2D eigenvalue weighted by atomic mass is 35.5. The number of hydrogen-bond acceptors (Lipinski definition) is 4. The molecule has 4 amide bonds. The summed E-state index contributed by atoms with van der Waals surface area (Å²) in [5.41, 5.74) is 4.16. The largest absolute Gasteiger partial charge is 0.335 e. The number of amides is 4. The Balaban J connectivity index is 1.79. The van der Waals surface area contributed by atoms with E-state index in [0.29, 0.717) is 21.8 Å². The van der Waals surface area contributed by atoms with Crippen LogP contribution in [0.1, 0.15) is 22.5 Å². The SMILES string of the molecule is Cc1c(Cl)cccc1N1C(=O)NC(=O)/C(=C\c2cc(C)n(-c3ccncc3)c2C)C1=O. The van der Waals surface area contributed by atoms with Crippen LogP contribution in [0, 0.1) is 20.8 Å². The van der Waals surface area contributed by atoms with Gasteiger partial charge in [-0.15, -0.1) is 0 Å². The molecule has 0 unspecified atom stereocenters. The van der Waals surface area contributed by atoms with Gasteiger partial charge in [-0.25, -0.2) is 9.69 Å². The third kappa shape index (κ3) is 3.53. The topological polar surface area (TPSA) is 84.3 Å². The summed E-state index contributed by atoms with van der Waals surface area (Å²) in [6, 6.07) is 9.75. The van der Waals surface area contributed by atoms with E-state index in [-0.39, 0.29) is 5.57 Å². The molecule has 8 heteroatoms. The average Bonchev–Trinajstić information content (AvgIpc) is 3.02. The van der Waals surface area contributed by atoms with Crippen LogP contribution >= 0.6 is 11.6 Å². The Morgan fingerprint density at radius 3 is 2.45 bits per heavy atom. The second-order valence-corrected chi connectivity index (χ2v) is 7.62.